The number of carbonyl (C=O) groups excluding carboxylic acids is 1. The van der Waals surface area contributed by atoms with Crippen molar-refractivity contribution in [1.29, 1.82) is 0 Å². The molecule has 0 bridgehead atoms. The number of rotatable bonds is 5. The third-order valence-electron chi connectivity index (χ3n) is 5.90. The van der Waals surface area contributed by atoms with Crippen LogP contribution in [0, 0.1) is 0 Å². The molecule has 1 aromatic heterocycles. The maximum Gasteiger partial charge on any atom is 0.236 e. The van der Waals surface area contributed by atoms with E-state index in [4.69, 9.17) is 21.1 Å². The zero-order chi connectivity index (χ0) is 21.8. The van der Waals surface area contributed by atoms with Gasteiger partial charge in [-0.05, 0) is 36.8 Å². The molecule has 1 saturated heterocycles. The molecule has 31 heavy (non-hydrogen) atoms. The second-order valence-corrected chi connectivity index (χ2v) is 8.43. The monoisotopic (exact) mass is 444 g/mol. The Hall–Kier alpha value is -2.51. The Morgan fingerprint density at radius 1 is 1.23 bits per heavy atom. The van der Waals surface area contributed by atoms with E-state index in [-0.39, 0.29) is 12.0 Å². The van der Waals surface area contributed by atoms with E-state index in [1.54, 1.807) is 13.3 Å². The first-order valence-electron chi connectivity index (χ1n) is 10.8. The first-order valence-corrected chi connectivity index (χ1v) is 11.1. The van der Waals surface area contributed by atoms with Crippen LogP contribution in [0.5, 0.6) is 11.5 Å². The molecule has 166 valence electrons. The van der Waals surface area contributed by atoms with Crippen molar-refractivity contribution in [3.8, 4) is 11.5 Å². The van der Waals surface area contributed by atoms with E-state index in [9.17, 15) is 4.79 Å². The lowest BCUT2D eigenvalue weighted by atomic mass is 10.1. The molecular weight excluding hydrogens is 416 g/mol. The van der Waals surface area contributed by atoms with Gasteiger partial charge in [-0.2, -0.15) is 0 Å². The molecule has 2 aromatic rings. The van der Waals surface area contributed by atoms with Crippen molar-refractivity contribution in [2.75, 3.05) is 51.3 Å². The molecule has 0 radical (unpaired) electrons. The summed E-state index contributed by atoms with van der Waals surface area (Å²) < 4.78 is 11.6. The van der Waals surface area contributed by atoms with Crippen LogP contribution in [0.15, 0.2) is 36.5 Å². The Bertz CT molecular complexity index is 900. The Morgan fingerprint density at radius 2 is 2.03 bits per heavy atom. The highest BCUT2D eigenvalue weighted by Gasteiger charge is 2.27. The minimum Gasteiger partial charge on any atom is -0.497 e. The number of piperazine rings is 1. The molecule has 0 aliphatic carbocycles. The number of amides is 1. The molecule has 8 heteroatoms. The van der Waals surface area contributed by atoms with Gasteiger partial charge in [0.1, 0.15) is 23.4 Å². The predicted octanol–water partition coefficient (Wildman–Crippen LogP) is 3.07. The minimum atomic E-state index is 0.0651. The quantitative estimate of drug-likeness (QED) is 0.706. The largest absolute Gasteiger partial charge is 0.497 e. The number of halogens is 1. The number of hydrogen-bond acceptors (Lipinski definition) is 6. The van der Waals surface area contributed by atoms with E-state index in [2.05, 4.69) is 21.7 Å². The molecule has 4 rings (SSSR count). The van der Waals surface area contributed by atoms with Crippen LogP contribution in [0.2, 0.25) is 5.02 Å². The molecule has 2 aliphatic heterocycles. The Balaban J connectivity index is 1.37. The van der Waals surface area contributed by atoms with Crippen LogP contribution in [-0.4, -0.2) is 73.2 Å². The first kappa shape index (κ1) is 21.7. The summed E-state index contributed by atoms with van der Waals surface area (Å²) in [5, 5.41) is 0.628. The van der Waals surface area contributed by atoms with Gasteiger partial charge >= 0.3 is 0 Å². The fourth-order valence-corrected chi connectivity index (χ4v) is 4.21. The van der Waals surface area contributed by atoms with Gasteiger partial charge in [-0.1, -0.05) is 18.5 Å². The lowest BCUT2D eigenvalue weighted by molar-refractivity contribution is -0.133. The average molecular weight is 445 g/mol. The van der Waals surface area contributed by atoms with Gasteiger partial charge in [-0.3, -0.25) is 9.69 Å². The second kappa shape index (κ2) is 9.75. The van der Waals surface area contributed by atoms with Gasteiger partial charge in [0.25, 0.3) is 0 Å². The summed E-state index contributed by atoms with van der Waals surface area (Å²) >= 11 is 5.93. The lowest BCUT2D eigenvalue weighted by Gasteiger charge is -2.36. The number of methoxy groups -OCH3 is 1. The normalized spacial score (nSPS) is 19.4. The van der Waals surface area contributed by atoms with Crippen LogP contribution >= 0.6 is 11.6 Å². The van der Waals surface area contributed by atoms with Crippen LogP contribution in [0.3, 0.4) is 0 Å². The van der Waals surface area contributed by atoms with E-state index in [0.717, 1.165) is 48.9 Å². The Labute approximate surface area is 188 Å². The van der Waals surface area contributed by atoms with Gasteiger partial charge < -0.3 is 19.3 Å². The Kier molecular flexibility index (Phi) is 6.83. The van der Waals surface area contributed by atoms with Gasteiger partial charge in [-0.15, -0.1) is 0 Å². The van der Waals surface area contributed by atoms with Gasteiger partial charge in [-0.25, -0.2) is 4.98 Å². The number of pyridine rings is 1. The summed E-state index contributed by atoms with van der Waals surface area (Å²) in [7, 11) is 1.66. The maximum atomic E-state index is 13.1. The third kappa shape index (κ3) is 5.22. The topological polar surface area (TPSA) is 58.1 Å². The summed E-state index contributed by atoms with van der Waals surface area (Å²) in [6.07, 6.45) is 2.62. The van der Waals surface area contributed by atoms with Crippen LogP contribution in [-0.2, 0) is 11.3 Å². The number of ether oxygens (including phenoxy) is 2. The van der Waals surface area contributed by atoms with Crippen molar-refractivity contribution in [1.82, 2.24) is 14.8 Å². The molecule has 1 aromatic carbocycles. The predicted molar refractivity (Wildman–Crippen MR) is 121 cm³/mol. The van der Waals surface area contributed by atoms with Crippen LogP contribution < -0.4 is 14.4 Å². The van der Waals surface area contributed by atoms with Crippen LogP contribution in [0.1, 0.15) is 18.9 Å². The fraction of sp³-hybridized carbons (Fsp3) is 0.478. The number of fused-ring (bicyclic) bond motifs is 1. The lowest BCUT2D eigenvalue weighted by Crippen LogP contribution is -2.51. The van der Waals surface area contributed by atoms with E-state index in [1.807, 2.05) is 35.2 Å². The molecule has 1 fully saturated rings. The average Bonchev–Trinajstić information content (AvgIpc) is 2.97. The molecule has 0 spiro atoms. The number of aromatic nitrogens is 1. The van der Waals surface area contributed by atoms with Crippen LogP contribution in [0.4, 0.5) is 5.82 Å². The van der Waals surface area contributed by atoms with Crippen molar-refractivity contribution in [2.45, 2.75) is 26.0 Å². The number of benzene rings is 1. The molecule has 0 saturated carbocycles. The summed E-state index contributed by atoms with van der Waals surface area (Å²) in [6, 6.07) is 9.66. The van der Waals surface area contributed by atoms with Gasteiger partial charge in [0.2, 0.25) is 5.91 Å². The smallest absolute Gasteiger partial charge is 0.236 e. The van der Waals surface area contributed by atoms with E-state index in [1.165, 1.54) is 0 Å². The molecule has 1 unspecified atom stereocenters. The molecular formula is C23H29ClN4O3. The minimum absolute atomic E-state index is 0.0651. The molecule has 7 nitrogen and oxygen atoms in total. The first-order chi connectivity index (χ1) is 15.1. The molecule has 2 aliphatic rings. The number of hydrogen-bond donors (Lipinski definition) is 0. The SMILES string of the molecule is CCC1CN(CC(=O)N2CCN(c3ccc(Cl)cn3)CC2)Cc2cc(OC)ccc2O1. The van der Waals surface area contributed by atoms with Crippen molar-refractivity contribution >= 4 is 23.3 Å². The highest BCUT2D eigenvalue weighted by Crippen LogP contribution is 2.29. The maximum absolute atomic E-state index is 13.1. The Morgan fingerprint density at radius 3 is 2.71 bits per heavy atom. The van der Waals surface area contributed by atoms with Crippen LogP contribution in [0.25, 0.3) is 0 Å². The van der Waals surface area contributed by atoms with E-state index < -0.39 is 0 Å². The fourth-order valence-electron chi connectivity index (χ4n) is 4.10. The second-order valence-electron chi connectivity index (χ2n) is 7.99. The summed E-state index contributed by atoms with van der Waals surface area (Å²) in [5.41, 5.74) is 1.06. The van der Waals surface area contributed by atoms with E-state index in [0.29, 0.717) is 31.2 Å². The van der Waals surface area contributed by atoms with Gasteiger partial charge in [0, 0.05) is 51.0 Å². The zero-order valence-corrected chi connectivity index (χ0v) is 18.8. The molecule has 0 N–H and O–H groups in total. The van der Waals surface area contributed by atoms with Gasteiger partial charge in [0.05, 0.1) is 18.7 Å². The van der Waals surface area contributed by atoms with Crippen molar-refractivity contribution in [2.24, 2.45) is 0 Å². The van der Waals surface area contributed by atoms with Crippen molar-refractivity contribution < 1.29 is 14.3 Å². The highest BCUT2D eigenvalue weighted by molar-refractivity contribution is 6.30. The van der Waals surface area contributed by atoms with Crippen molar-refractivity contribution in [3.63, 3.8) is 0 Å². The number of nitrogens with zero attached hydrogens (tertiary/aromatic N) is 4. The number of carbonyl (C=O) groups is 1. The molecule has 1 atom stereocenters. The summed E-state index contributed by atoms with van der Waals surface area (Å²) in [4.78, 5) is 23.8. The summed E-state index contributed by atoms with van der Waals surface area (Å²) in [5.74, 6) is 2.74. The van der Waals surface area contributed by atoms with E-state index >= 15 is 0 Å². The highest BCUT2D eigenvalue weighted by atomic mass is 35.5. The number of anilines is 1. The zero-order valence-electron chi connectivity index (χ0n) is 18.1. The summed E-state index contributed by atoms with van der Waals surface area (Å²) in [6.45, 7) is 6.81. The molecule has 1 amide bonds. The standard InChI is InChI=1S/C23H29ClN4O3/c1-3-19-15-26(14-17-12-20(30-2)5-6-21(17)31-19)16-23(29)28-10-8-27(9-11-28)22-7-4-18(24)13-25-22/h4-7,12-13,19H,3,8-11,14-16H2,1-2H3. The third-order valence-corrected chi connectivity index (χ3v) is 6.12. The molecule has 3 heterocycles. The van der Waals surface area contributed by atoms with Crippen molar-refractivity contribution in [3.05, 3.63) is 47.1 Å². The van der Waals surface area contributed by atoms with Gasteiger partial charge in [0.15, 0.2) is 0 Å².